The number of carbonyl (C=O) groups is 1. The molecule has 1 heterocycles. The van der Waals surface area contributed by atoms with Crippen molar-refractivity contribution in [3.63, 3.8) is 0 Å². The van der Waals surface area contributed by atoms with Crippen molar-refractivity contribution in [3.05, 3.63) is 12.2 Å². The van der Waals surface area contributed by atoms with Crippen molar-refractivity contribution in [3.8, 4) is 0 Å². The minimum absolute atomic E-state index is 0.313. The Labute approximate surface area is 95.2 Å². The first kappa shape index (κ1) is 12.6. The summed E-state index contributed by atoms with van der Waals surface area (Å²) in [4.78, 5) is 15.2. The van der Waals surface area contributed by atoms with Crippen LogP contribution in [0.1, 0.15) is 32.0 Å². The fourth-order valence-corrected chi connectivity index (χ4v) is 1.37. The number of aromatic nitrogens is 3. The lowest BCUT2D eigenvalue weighted by atomic mass is 10.2. The van der Waals surface area contributed by atoms with Gasteiger partial charge in [0.1, 0.15) is 6.33 Å². The summed E-state index contributed by atoms with van der Waals surface area (Å²) >= 11 is 0. The average Bonchev–Trinajstić information content (AvgIpc) is 2.67. The Hall–Kier alpha value is -1.43. The van der Waals surface area contributed by atoms with Crippen LogP contribution in [0.5, 0.6) is 0 Å². The van der Waals surface area contributed by atoms with E-state index in [9.17, 15) is 4.79 Å². The number of carbonyl (C=O) groups excluding carboxylic acids is 1. The lowest BCUT2D eigenvalue weighted by Gasteiger charge is -2.11. The zero-order valence-corrected chi connectivity index (χ0v) is 9.97. The monoisotopic (exact) mass is 225 g/mol. The molecule has 0 aromatic carbocycles. The summed E-state index contributed by atoms with van der Waals surface area (Å²) in [6.45, 7) is 4.72. The molecule has 16 heavy (non-hydrogen) atoms. The summed E-state index contributed by atoms with van der Waals surface area (Å²) < 4.78 is 1.74. The first-order valence-corrected chi connectivity index (χ1v) is 5.40. The molecule has 1 aromatic rings. The predicted molar refractivity (Wildman–Crippen MR) is 60.8 cm³/mol. The maximum atomic E-state index is 11.0. The Morgan fingerprint density at radius 1 is 1.62 bits per heavy atom. The van der Waals surface area contributed by atoms with Crippen molar-refractivity contribution in [1.29, 1.82) is 0 Å². The molecule has 1 unspecified atom stereocenters. The fraction of sp³-hybridized carbons (Fsp3) is 0.700. The third kappa shape index (κ3) is 3.30. The Morgan fingerprint density at radius 3 is 2.75 bits per heavy atom. The van der Waals surface area contributed by atoms with E-state index in [2.05, 4.69) is 15.4 Å². The molecule has 0 bridgehead atoms. The molecule has 3 N–H and O–H groups in total. The van der Waals surface area contributed by atoms with Crippen LogP contribution in [0.2, 0.25) is 0 Å². The number of hydrogen-bond acceptors (Lipinski definition) is 4. The lowest BCUT2D eigenvalue weighted by Crippen LogP contribution is -2.39. The second-order valence-electron chi connectivity index (χ2n) is 4.05. The molecule has 0 aliphatic carbocycles. The molecule has 1 amide bonds. The van der Waals surface area contributed by atoms with Crippen LogP contribution in [0.15, 0.2) is 6.33 Å². The van der Waals surface area contributed by atoms with Gasteiger partial charge in [-0.1, -0.05) is 13.8 Å². The number of hydrogen-bond donors (Lipinski definition) is 2. The van der Waals surface area contributed by atoms with Gasteiger partial charge >= 0.3 is 0 Å². The van der Waals surface area contributed by atoms with Gasteiger partial charge in [0.25, 0.3) is 0 Å². The number of rotatable bonds is 6. The van der Waals surface area contributed by atoms with E-state index in [-0.39, 0.29) is 11.9 Å². The molecule has 1 atom stereocenters. The minimum atomic E-state index is -0.341. The number of nitrogens with one attached hydrogen (secondary N) is 1. The van der Waals surface area contributed by atoms with Crippen LogP contribution in [0.3, 0.4) is 0 Å². The van der Waals surface area contributed by atoms with Gasteiger partial charge in [-0.25, -0.2) is 4.98 Å². The van der Waals surface area contributed by atoms with Crippen LogP contribution in [0.25, 0.3) is 0 Å². The van der Waals surface area contributed by atoms with E-state index in [0.29, 0.717) is 18.9 Å². The quantitative estimate of drug-likeness (QED) is 0.706. The molecule has 0 fully saturated rings. The van der Waals surface area contributed by atoms with Gasteiger partial charge in [0.05, 0.1) is 6.04 Å². The van der Waals surface area contributed by atoms with E-state index >= 15 is 0 Å². The smallest absolute Gasteiger partial charge is 0.234 e. The Bertz CT molecular complexity index is 347. The van der Waals surface area contributed by atoms with Crippen molar-refractivity contribution >= 4 is 5.91 Å². The van der Waals surface area contributed by atoms with Gasteiger partial charge in [-0.15, -0.1) is 0 Å². The van der Waals surface area contributed by atoms with Gasteiger partial charge in [0.15, 0.2) is 5.82 Å². The Balaban J connectivity index is 2.50. The third-order valence-corrected chi connectivity index (χ3v) is 2.41. The first-order valence-electron chi connectivity index (χ1n) is 5.40. The zero-order chi connectivity index (χ0) is 12.1. The van der Waals surface area contributed by atoms with E-state index in [0.717, 1.165) is 5.82 Å². The third-order valence-electron chi connectivity index (χ3n) is 2.41. The van der Waals surface area contributed by atoms with Crippen LogP contribution < -0.4 is 11.1 Å². The zero-order valence-electron chi connectivity index (χ0n) is 9.97. The Morgan fingerprint density at radius 2 is 2.31 bits per heavy atom. The molecule has 1 aromatic heterocycles. The highest BCUT2D eigenvalue weighted by Crippen LogP contribution is 2.07. The summed E-state index contributed by atoms with van der Waals surface area (Å²) in [6, 6.07) is -0.313. The van der Waals surface area contributed by atoms with Crippen LogP contribution in [0.4, 0.5) is 0 Å². The topological polar surface area (TPSA) is 85.8 Å². The summed E-state index contributed by atoms with van der Waals surface area (Å²) in [5.41, 5.74) is 5.22. The lowest BCUT2D eigenvalue weighted by molar-refractivity contribution is -0.120. The molecule has 6 heteroatoms. The van der Waals surface area contributed by atoms with Crippen molar-refractivity contribution in [2.45, 2.75) is 38.8 Å². The number of nitrogens with two attached hydrogens (primary N) is 1. The standard InChI is InChI=1S/C10H19N5O/c1-7(2)10-13-6-15(14-10)5-4-8(12-3)9(11)16/h6-8,12H,4-5H2,1-3H3,(H2,11,16). The van der Waals surface area contributed by atoms with Crippen molar-refractivity contribution in [1.82, 2.24) is 20.1 Å². The highest BCUT2D eigenvalue weighted by Gasteiger charge is 2.13. The van der Waals surface area contributed by atoms with Crippen LogP contribution >= 0.6 is 0 Å². The van der Waals surface area contributed by atoms with E-state index in [1.807, 2.05) is 13.8 Å². The van der Waals surface area contributed by atoms with E-state index in [4.69, 9.17) is 5.73 Å². The second kappa shape index (κ2) is 5.60. The van der Waals surface area contributed by atoms with Crippen molar-refractivity contribution < 1.29 is 4.79 Å². The molecule has 0 aliphatic rings. The molecule has 90 valence electrons. The fourth-order valence-electron chi connectivity index (χ4n) is 1.37. The van der Waals surface area contributed by atoms with Gasteiger partial charge in [0.2, 0.25) is 5.91 Å². The number of aryl methyl sites for hydroxylation is 1. The molecular formula is C10H19N5O. The van der Waals surface area contributed by atoms with Gasteiger partial charge in [-0.3, -0.25) is 9.48 Å². The largest absolute Gasteiger partial charge is 0.368 e. The maximum absolute atomic E-state index is 11.0. The average molecular weight is 225 g/mol. The highest BCUT2D eigenvalue weighted by molar-refractivity contribution is 5.79. The molecule has 0 spiro atoms. The van der Waals surface area contributed by atoms with Gasteiger partial charge in [-0.05, 0) is 13.5 Å². The number of amides is 1. The van der Waals surface area contributed by atoms with Crippen molar-refractivity contribution in [2.75, 3.05) is 7.05 Å². The minimum Gasteiger partial charge on any atom is -0.368 e. The van der Waals surface area contributed by atoms with E-state index in [1.165, 1.54) is 0 Å². The van der Waals surface area contributed by atoms with E-state index in [1.54, 1.807) is 18.1 Å². The molecule has 6 nitrogen and oxygen atoms in total. The first-order chi connectivity index (χ1) is 7.54. The summed E-state index contributed by atoms with van der Waals surface area (Å²) in [5, 5.41) is 7.17. The van der Waals surface area contributed by atoms with Gasteiger partial charge < -0.3 is 11.1 Å². The Kier molecular flexibility index (Phi) is 4.42. The molecule has 0 radical (unpaired) electrons. The number of primary amides is 1. The highest BCUT2D eigenvalue weighted by atomic mass is 16.1. The number of nitrogens with zero attached hydrogens (tertiary/aromatic N) is 3. The van der Waals surface area contributed by atoms with Gasteiger partial charge in [0, 0.05) is 12.5 Å². The summed E-state index contributed by atoms with van der Waals surface area (Å²) in [7, 11) is 1.72. The normalized spacial score (nSPS) is 13.0. The molecule has 0 saturated heterocycles. The maximum Gasteiger partial charge on any atom is 0.234 e. The van der Waals surface area contributed by atoms with Crippen LogP contribution in [-0.4, -0.2) is 33.8 Å². The molecule has 0 aliphatic heterocycles. The predicted octanol–water partition coefficient (Wildman–Crippen LogP) is -0.135. The molecule has 0 saturated carbocycles. The summed E-state index contributed by atoms with van der Waals surface area (Å²) in [5.74, 6) is 0.796. The van der Waals surface area contributed by atoms with Crippen molar-refractivity contribution in [2.24, 2.45) is 5.73 Å². The van der Waals surface area contributed by atoms with Crippen LogP contribution in [-0.2, 0) is 11.3 Å². The summed E-state index contributed by atoms with van der Waals surface area (Å²) in [6.07, 6.45) is 2.30. The molecular weight excluding hydrogens is 206 g/mol. The SMILES string of the molecule is CNC(CCn1cnc(C(C)C)n1)C(N)=O. The van der Waals surface area contributed by atoms with Crippen LogP contribution in [0, 0.1) is 0 Å². The van der Waals surface area contributed by atoms with Gasteiger partial charge in [-0.2, -0.15) is 5.10 Å². The molecule has 1 rings (SSSR count). The number of likely N-dealkylation sites (N-methyl/N-ethyl adjacent to an activating group) is 1. The second-order valence-corrected chi connectivity index (χ2v) is 4.05. The van der Waals surface area contributed by atoms with E-state index < -0.39 is 0 Å².